The van der Waals surface area contributed by atoms with E-state index in [9.17, 15) is 4.79 Å². The molecule has 0 spiro atoms. The Balaban J connectivity index is 1.51. The maximum Gasteiger partial charge on any atom is 0.271 e. The number of carbonyl (C=O) groups is 1. The number of fused-ring (bicyclic) bond motifs is 2. The fourth-order valence-corrected chi connectivity index (χ4v) is 3.14. The second-order valence-corrected chi connectivity index (χ2v) is 5.84. The topological polar surface area (TPSA) is 77.2 Å². The van der Waals surface area contributed by atoms with E-state index < -0.39 is 0 Å². The van der Waals surface area contributed by atoms with Crippen LogP contribution in [0.1, 0.15) is 16.1 Å². The molecule has 1 aromatic carbocycles. The minimum absolute atomic E-state index is 0.162. The van der Waals surface area contributed by atoms with Crippen LogP contribution in [0.5, 0.6) is 11.5 Å². The molecule has 1 amide bonds. The highest BCUT2D eigenvalue weighted by molar-refractivity contribution is 7.15. The first-order valence-corrected chi connectivity index (χ1v) is 7.82. The molecule has 116 valence electrons. The third-order valence-electron chi connectivity index (χ3n) is 3.24. The number of hydrazone groups is 1. The van der Waals surface area contributed by atoms with Crippen molar-refractivity contribution in [3.8, 4) is 11.5 Å². The zero-order chi connectivity index (χ0) is 15.8. The lowest BCUT2D eigenvalue weighted by Gasteiger charge is -2.01. The number of thiazole rings is 1. The van der Waals surface area contributed by atoms with E-state index in [1.165, 1.54) is 17.6 Å². The highest BCUT2D eigenvalue weighted by Crippen LogP contribution is 2.32. The molecule has 0 saturated heterocycles. The Morgan fingerprint density at radius 1 is 1.43 bits per heavy atom. The third-order valence-corrected chi connectivity index (χ3v) is 4.28. The Labute approximate surface area is 139 Å². The van der Waals surface area contributed by atoms with E-state index in [0.29, 0.717) is 27.9 Å². The summed E-state index contributed by atoms with van der Waals surface area (Å²) in [6, 6.07) is 4.93. The molecule has 0 saturated carbocycles. The van der Waals surface area contributed by atoms with E-state index in [1.54, 1.807) is 22.6 Å². The van der Waals surface area contributed by atoms with Crippen LogP contribution in [-0.4, -0.2) is 28.3 Å². The predicted octanol–water partition coefficient (Wildman–Crippen LogP) is 2.54. The fraction of sp³-hybridized carbons (Fsp3) is 0.0714. The molecule has 2 aromatic heterocycles. The summed E-state index contributed by atoms with van der Waals surface area (Å²) in [7, 11) is 0. The van der Waals surface area contributed by atoms with Crippen molar-refractivity contribution in [3.63, 3.8) is 0 Å². The largest absolute Gasteiger partial charge is 0.454 e. The highest BCUT2D eigenvalue weighted by atomic mass is 35.5. The summed E-state index contributed by atoms with van der Waals surface area (Å²) in [4.78, 5) is 17.0. The standard InChI is InChI=1S/C14H9ClN4O3S/c15-12-9(19-3-4-23-14(19)17-12)6-16-18-13(20)8-1-2-10-11(5-8)22-7-21-10/h1-6H,7H2,(H,18,20)/b16-6-. The molecule has 1 N–H and O–H groups in total. The van der Waals surface area contributed by atoms with E-state index in [4.69, 9.17) is 21.1 Å². The van der Waals surface area contributed by atoms with Gasteiger partial charge in [0, 0.05) is 17.1 Å². The lowest BCUT2D eigenvalue weighted by Crippen LogP contribution is -2.17. The van der Waals surface area contributed by atoms with Crippen molar-refractivity contribution in [2.45, 2.75) is 0 Å². The van der Waals surface area contributed by atoms with Gasteiger partial charge in [-0.1, -0.05) is 11.6 Å². The highest BCUT2D eigenvalue weighted by Gasteiger charge is 2.16. The smallest absolute Gasteiger partial charge is 0.271 e. The lowest BCUT2D eigenvalue weighted by atomic mass is 10.2. The van der Waals surface area contributed by atoms with Crippen LogP contribution >= 0.6 is 22.9 Å². The lowest BCUT2D eigenvalue weighted by molar-refractivity contribution is 0.0954. The van der Waals surface area contributed by atoms with Crippen molar-refractivity contribution in [3.05, 3.63) is 46.2 Å². The van der Waals surface area contributed by atoms with Gasteiger partial charge in [-0.3, -0.25) is 9.20 Å². The van der Waals surface area contributed by atoms with E-state index >= 15 is 0 Å². The van der Waals surface area contributed by atoms with Gasteiger partial charge < -0.3 is 9.47 Å². The molecule has 7 nitrogen and oxygen atoms in total. The molecule has 0 unspecified atom stereocenters. The first kappa shape index (κ1) is 14.0. The monoisotopic (exact) mass is 348 g/mol. The van der Waals surface area contributed by atoms with Crippen LogP contribution in [0.2, 0.25) is 5.15 Å². The summed E-state index contributed by atoms with van der Waals surface area (Å²) < 4.78 is 12.2. The number of halogens is 1. The first-order valence-electron chi connectivity index (χ1n) is 6.56. The van der Waals surface area contributed by atoms with Crippen LogP contribution < -0.4 is 14.9 Å². The van der Waals surface area contributed by atoms with Crippen molar-refractivity contribution in [1.82, 2.24) is 14.8 Å². The number of rotatable bonds is 3. The van der Waals surface area contributed by atoms with Crippen molar-refractivity contribution in [2.75, 3.05) is 6.79 Å². The maximum atomic E-state index is 12.1. The molecule has 3 aromatic rings. The Kier molecular flexibility index (Phi) is 3.40. The number of benzene rings is 1. The number of hydrogen-bond acceptors (Lipinski definition) is 6. The van der Waals surface area contributed by atoms with E-state index in [1.807, 2.05) is 11.6 Å². The average Bonchev–Trinajstić information content (AvgIpc) is 3.24. The number of nitrogens with zero attached hydrogens (tertiary/aromatic N) is 3. The summed E-state index contributed by atoms with van der Waals surface area (Å²) in [5, 5.41) is 6.16. The molecule has 1 aliphatic rings. The molecule has 4 rings (SSSR count). The van der Waals surface area contributed by atoms with Gasteiger partial charge in [0.1, 0.15) is 5.69 Å². The minimum Gasteiger partial charge on any atom is -0.454 e. The van der Waals surface area contributed by atoms with E-state index in [0.717, 1.165) is 4.96 Å². The number of nitrogens with one attached hydrogen (secondary N) is 1. The van der Waals surface area contributed by atoms with Gasteiger partial charge in [-0.15, -0.1) is 11.3 Å². The zero-order valence-electron chi connectivity index (χ0n) is 11.5. The van der Waals surface area contributed by atoms with Gasteiger partial charge in [-0.25, -0.2) is 10.4 Å². The number of imidazole rings is 1. The first-order chi connectivity index (χ1) is 11.2. The minimum atomic E-state index is -0.359. The molecule has 0 radical (unpaired) electrons. The molecule has 23 heavy (non-hydrogen) atoms. The quantitative estimate of drug-likeness (QED) is 0.583. The van der Waals surface area contributed by atoms with E-state index in [2.05, 4.69) is 15.5 Å². The summed E-state index contributed by atoms with van der Waals surface area (Å²) in [6.07, 6.45) is 3.29. The zero-order valence-corrected chi connectivity index (χ0v) is 13.1. The molecule has 0 fully saturated rings. The summed E-state index contributed by atoms with van der Waals surface area (Å²) >= 11 is 7.51. The Morgan fingerprint density at radius 2 is 2.30 bits per heavy atom. The fourth-order valence-electron chi connectivity index (χ4n) is 2.15. The SMILES string of the molecule is O=C(N/N=C\c1c(Cl)nc2sccn12)c1ccc2c(c1)OCO2. The van der Waals surface area contributed by atoms with E-state index in [-0.39, 0.29) is 12.7 Å². The van der Waals surface area contributed by atoms with Crippen LogP contribution in [0, 0.1) is 0 Å². The number of hydrogen-bond donors (Lipinski definition) is 1. The van der Waals surface area contributed by atoms with Crippen molar-refractivity contribution >= 4 is 40.0 Å². The molecule has 0 atom stereocenters. The summed E-state index contributed by atoms with van der Waals surface area (Å²) in [6.45, 7) is 0.162. The van der Waals surface area contributed by atoms with Crippen LogP contribution in [0.15, 0.2) is 34.9 Å². The Morgan fingerprint density at radius 3 is 3.22 bits per heavy atom. The number of aromatic nitrogens is 2. The second-order valence-electron chi connectivity index (χ2n) is 4.61. The average molecular weight is 349 g/mol. The van der Waals surface area contributed by atoms with Crippen molar-refractivity contribution in [2.24, 2.45) is 5.10 Å². The van der Waals surface area contributed by atoms with Gasteiger partial charge in [-0.05, 0) is 18.2 Å². The number of amides is 1. The van der Waals surface area contributed by atoms with Gasteiger partial charge in [-0.2, -0.15) is 5.10 Å². The van der Waals surface area contributed by atoms with Gasteiger partial charge in [0.25, 0.3) is 5.91 Å². The normalized spacial score (nSPS) is 13.1. The van der Waals surface area contributed by atoms with Gasteiger partial charge in [0.15, 0.2) is 21.6 Å². The van der Waals surface area contributed by atoms with Crippen LogP contribution in [-0.2, 0) is 0 Å². The van der Waals surface area contributed by atoms with Crippen molar-refractivity contribution < 1.29 is 14.3 Å². The molecule has 0 aliphatic carbocycles. The second kappa shape index (κ2) is 5.56. The summed E-state index contributed by atoms with van der Waals surface area (Å²) in [5.41, 5.74) is 3.48. The molecular weight excluding hydrogens is 340 g/mol. The van der Waals surface area contributed by atoms with Gasteiger partial charge in [0.05, 0.1) is 6.21 Å². The molecule has 3 heterocycles. The molecule has 1 aliphatic heterocycles. The van der Waals surface area contributed by atoms with Gasteiger partial charge >= 0.3 is 0 Å². The Bertz CT molecular complexity index is 933. The van der Waals surface area contributed by atoms with Crippen LogP contribution in [0.3, 0.4) is 0 Å². The predicted molar refractivity (Wildman–Crippen MR) is 85.7 cm³/mol. The number of carbonyl (C=O) groups excluding carboxylic acids is 1. The Hall–Kier alpha value is -2.58. The van der Waals surface area contributed by atoms with Gasteiger partial charge in [0.2, 0.25) is 6.79 Å². The number of ether oxygens (including phenoxy) is 2. The molecular formula is C14H9ClN4O3S. The van der Waals surface area contributed by atoms with Crippen molar-refractivity contribution in [1.29, 1.82) is 0 Å². The molecule has 0 bridgehead atoms. The maximum absolute atomic E-state index is 12.1. The molecule has 9 heteroatoms. The third kappa shape index (κ3) is 2.51. The van der Waals surface area contributed by atoms with Crippen LogP contribution in [0.4, 0.5) is 0 Å². The van der Waals surface area contributed by atoms with Crippen LogP contribution in [0.25, 0.3) is 4.96 Å². The summed E-state index contributed by atoms with van der Waals surface area (Å²) in [5.74, 6) is 0.804.